The van der Waals surface area contributed by atoms with E-state index in [-0.39, 0.29) is 5.97 Å². The van der Waals surface area contributed by atoms with E-state index in [9.17, 15) is 4.79 Å². The molecule has 0 spiro atoms. The molecule has 4 rings (SSSR count). The van der Waals surface area contributed by atoms with E-state index in [0.717, 1.165) is 48.5 Å². The monoisotopic (exact) mass is 446 g/mol. The summed E-state index contributed by atoms with van der Waals surface area (Å²) in [6, 6.07) is 11.5. The molecule has 0 aliphatic heterocycles. The number of carbonyl (C=O) groups excluding carboxylic acids is 1. The molecule has 0 saturated heterocycles. The summed E-state index contributed by atoms with van der Waals surface area (Å²) in [5, 5.41) is 3.61. The molecule has 0 bridgehead atoms. The van der Waals surface area contributed by atoms with Gasteiger partial charge in [-0.2, -0.15) is 0 Å². The second-order valence-corrected chi connectivity index (χ2v) is 9.48. The summed E-state index contributed by atoms with van der Waals surface area (Å²) >= 11 is 0. The summed E-state index contributed by atoms with van der Waals surface area (Å²) in [5.41, 5.74) is 4.81. The van der Waals surface area contributed by atoms with E-state index < -0.39 is 0 Å². The quantitative estimate of drug-likeness (QED) is 0.379. The lowest BCUT2D eigenvalue weighted by Gasteiger charge is -2.37. The van der Waals surface area contributed by atoms with Crippen LogP contribution in [0.25, 0.3) is 11.0 Å². The Morgan fingerprint density at radius 2 is 2.12 bits per heavy atom. The number of imidazole rings is 1. The molecule has 2 heterocycles. The zero-order chi connectivity index (χ0) is 23.4. The van der Waals surface area contributed by atoms with Crippen molar-refractivity contribution in [3.63, 3.8) is 0 Å². The first-order chi connectivity index (χ1) is 15.9. The second kappa shape index (κ2) is 10.3. The molecule has 0 radical (unpaired) electrons. The molecule has 6 heteroatoms. The van der Waals surface area contributed by atoms with Crippen LogP contribution >= 0.6 is 0 Å². The Labute approximate surface area is 195 Å². The fourth-order valence-electron chi connectivity index (χ4n) is 5.01. The number of ether oxygens (including phenoxy) is 1. The van der Waals surface area contributed by atoms with Crippen LogP contribution < -0.4 is 5.32 Å². The van der Waals surface area contributed by atoms with Gasteiger partial charge in [0.2, 0.25) is 0 Å². The van der Waals surface area contributed by atoms with Crippen LogP contribution in [0.4, 0.5) is 0 Å². The number of rotatable bonds is 8. The van der Waals surface area contributed by atoms with Gasteiger partial charge in [-0.05, 0) is 67.3 Å². The summed E-state index contributed by atoms with van der Waals surface area (Å²) < 4.78 is 4.84. The zero-order valence-electron chi connectivity index (χ0n) is 20.0. The summed E-state index contributed by atoms with van der Waals surface area (Å²) in [7, 11) is 1.40. The van der Waals surface area contributed by atoms with Crippen LogP contribution in [-0.4, -0.2) is 34.6 Å². The highest BCUT2D eigenvalue weighted by molar-refractivity contribution is 5.93. The standard InChI is InChI=1S/C27H34N4O2/c1-17(2)23-12-20(18(3)11-21(23)15-28-16-22-7-5-6-10-29-22)14-26-30-24-9-8-19(27(32)33-4)13-25(24)31-26/h5-11,13,17,20-21,23,28H,12,14-16H2,1-4H3,(H,30,31)/t20-,21-,23-/m0/s1. The number of aromatic amines is 1. The zero-order valence-corrected chi connectivity index (χ0v) is 20.0. The van der Waals surface area contributed by atoms with Crippen molar-refractivity contribution in [3.8, 4) is 0 Å². The van der Waals surface area contributed by atoms with E-state index in [1.807, 2.05) is 30.5 Å². The maximum absolute atomic E-state index is 11.8. The molecular weight excluding hydrogens is 412 g/mol. The predicted molar refractivity (Wildman–Crippen MR) is 131 cm³/mol. The van der Waals surface area contributed by atoms with Crippen molar-refractivity contribution in [1.29, 1.82) is 0 Å². The van der Waals surface area contributed by atoms with Crippen LogP contribution in [0.5, 0.6) is 0 Å². The number of methoxy groups -OCH3 is 1. The van der Waals surface area contributed by atoms with Crippen LogP contribution in [0.3, 0.4) is 0 Å². The van der Waals surface area contributed by atoms with Crippen LogP contribution in [0.1, 0.15) is 49.1 Å². The predicted octanol–water partition coefficient (Wildman–Crippen LogP) is 4.93. The fraction of sp³-hybridized carbons (Fsp3) is 0.444. The van der Waals surface area contributed by atoms with Gasteiger partial charge < -0.3 is 15.0 Å². The smallest absolute Gasteiger partial charge is 0.337 e. The molecule has 2 aromatic heterocycles. The highest BCUT2D eigenvalue weighted by atomic mass is 16.5. The van der Waals surface area contributed by atoms with Gasteiger partial charge in [0.05, 0.1) is 29.4 Å². The highest BCUT2D eigenvalue weighted by Gasteiger charge is 2.31. The molecule has 1 aliphatic carbocycles. The number of esters is 1. The van der Waals surface area contributed by atoms with E-state index >= 15 is 0 Å². The van der Waals surface area contributed by atoms with Gasteiger partial charge in [0.1, 0.15) is 5.82 Å². The lowest BCUT2D eigenvalue weighted by Crippen LogP contribution is -2.34. The minimum absolute atomic E-state index is 0.332. The van der Waals surface area contributed by atoms with Gasteiger partial charge in [-0.3, -0.25) is 4.98 Å². The number of H-pyrrole nitrogens is 1. The minimum Gasteiger partial charge on any atom is -0.465 e. The average Bonchev–Trinajstić information content (AvgIpc) is 3.22. The topological polar surface area (TPSA) is 79.9 Å². The van der Waals surface area contributed by atoms with Crippen molar-refractivity contribution in [2.45, 2.75) is 40.2 Å². The Morgan fingerprint density at radius 3 is 2.85 bits per heavy atom. The number of nitrogens with zero attached hydrogens (tertiary/aromatic N) is 2. The van der Waals surface area contributed by atoms with Crippen molar-refractivity contribution in [2.75, 3.05) is 13.7 Å². The summed E-state index contributed by atoms with van der Waals surface area (Å²) in [4.78, 5) is 24.5. The van der Waals surface area contributed by atoms with E-state index in [4.69, 9.17) is 9.72 Å². The van der Waals surface area contributed by atoms with Gasteiger partial charge in [-0.25, -0.2) is 9.78 Å². The Morgan fingerprint density at radius 1 is 1.27 bits per heavy atom. The molecule has 0 fully saturated rings. The number of fused-ring (bicyclic) bond motifs is 1. The second-order valence-electron chi connectivity index (χ2n) is 9.48. The van der Waals surface area contributed by atoms with Gasteiger partial charge in [0.25, 0.3) is 0 Å². The number of pyridine rings is 1. The Bertz CT molecular complexity index is 1120. The van der Waals surface area contributed by atoms with E-state index in [0.29, 0.717) is 29.2 Å². The first-order valence-corrected chi connectivity index (χ1v) is 11.8. The van der Waals surface area contributed by atoms with Crippen molar-refractivity contribution in [2.24, 2.45) is 23.7 Å². The number of aromatic nitrogens is 3. The minimum atomic E-state index is -0.332. The molecule has 174 valence electrons. The highest BCUT2D eigenvalue weighted by Crippen LogP contribution is 2.38. The normalized spacial score (nSPS) is 20.8. The van der Waals surface area contributed by atoms with E-state index in [2.05, 4.69) is 48.2 Å². The number of carbonyl (C=O) groups is 1. The van der Waals surface area contributed by atoms with Gasteiger partial charge in [0.15, 0.2) is 0 Å². The SMILES string of the molecule is COC(=O)c1ccc2nc(C[C@@H]3C[C@@H](C(C)C)[C@H](CNCc4ccccn4)C=C3C)[nH]c2c1. The number of nitrogens with one attached hydrogen (secondary N) is 2. The van der Waals surface area contributed by atoms with Crippen LogP contribution in [0.15, 0.2) is 54.2 Å². The van der Waals surface area contributed by atoms with Crippen LogP contribution in [0.2, 0.25) is 0 Å². The lowest BCUT2D eigenvalue weighted by atomic mass is 9.70. The molecule has 0 saturated carbocycles. The molecule has 3 atom stereocenters. The van der Waals surface area contributed by atoms with Crippen LogP contribution in [-0.2, 0) is 17.7 Å². The van der Waals surface area contributed by atoms with Crippen molar-refractivity contribution >= 4 is 17.0 Å². The van der Waals surface area contributed by atoms with Gasteiger partial charge >= 0.3 is 5.97 Å². The summed E-state index contributed by atoms with van der Waals surface area (Å²) in [6.07, 6.45) is 6.35. The Balaban J connectivity index is 1.45. The molecule has 0 amide bonds. The van der Waals surface area contributed by atoms with Crippen molar-refractivity contribution in [1.82, 2.24) is 20.3 Å². The molecule has 1 aromatic carbocycles. The van der Waals surface area contributed by atoms with Crippen molar-refractivity contribution in [3.05, 3.63) is 71.3 Å². The molecule has 0 unspecified atom stereocenters. The maximum Gasteiger partial charge on any atom is 0.337 e. The van der Waals surface area contributed by atoms with Crippen molar-refractivity contribution < 1.29 is 9.53 Å². The molecule has 6 nitrogen and oxygen atoms in total. The van der Waals surface area contributed by atoms with Gasteiger partial charge in [-0.15, -0.1) is 0 Å². The summed E-state index contributed by atoms with van der Waals surface area (Å²) in [6.45, 7) is 8.68. The van der Waals surface area contributed by atoms with Gasteiger partial charge in [0, 0.05) is 25.7 Å². The third-order valence-electron chi connectivity index (χ3n) is 6.89. The van der Waals surface area contributed by atoms with E-state index in [1.54, 1.807) is 6.07 Å². The third-order valence-corrected chi connectivity index (χ3v) is 6.89. The third kappa shape index (κ3) is 5.50. The fourth-order valence-corrected chi connectivity index (χ4v) is 5.01. The molecule has 1 aliphatic rings. The first-order valence-electron chi connectivity index (χ1n) is 11.8. The summed E-state index contributed by atoms with van der Waals surface area (Å²) in [5.74, 6) is 2.84. The Hall–Kier alpha value is -2.99. The lowest BCUT2D eigenvalue weighted by molar-refractivity contribution is 0.0601. The average molecular weight is 447 g/mol. The molecule has 33 heavy (non-hydrogen) atoms. The first kappa shape index (κ1) is 23.2. The molecule has 3 aromatic rings. The number of allylic oxidation sites excluding steroid dienone is 1. The molecular formula is C27H34N4O2. The van der Waals surface area contributed by atoms with Gasteiger partial charge in [-0.1, -0.05) is 31.6 Å². The number of benzene rings is 1. The van der Waals surface area contributed by atoms with Crippen LogP contribution in [0, 0.1) is 23.7 Å². The largest absolute Gasteiger partial charge is 0.465 e. The number of hydrogen-bond donors (Lipinski definition) is 2. The Kier molecular flexibility index (Phi) is 7.23. The maximum atomic E-state index is 11.8. The van der Waals surface area contributed by atoms with E-state index in [1.165, 1.54) is 12.7 Å². The molecule has 2 N–H and O–H groups in total. The number of hydrogen-bond acceptors (Lipinski definition) is 5.